The summed E-state index contributed by atoms with van der Waals surface area (Å²) in [6.45, 7) is 9.64. The fraction of sp³-hybridized carbons (Fsp3) is 0.938. The highest BCUT2D eigenvalue weighted by molar-refractivity contribution is 7.91. The summed E-state index contributed by atoms with van der Waals surface area (Å²) in [5.41, 5.74) is 1.76. The maximum Gasteiger partial charge on any atom is 0.234 e. The van der Waals surface area contributed by atoms with E-state index >= 15 is 0 Å². The smallest absolute Gasteiger partial charge is 0.234 e. The molecule has 130 valence electrons. The average Bonchev–Trinajstić information content (AvgIpc) is 2.31. The first-order valence-corrected chi connectivity index (χ1v) is 10.1. The third-order valence-electron chi connectivity index (χ3n) is 4.10. The molecule has 0 saturated carbocycles. The molecular formula is C16H32N2O3S. The Balaban J connectivity index is 2.61. The van der Waals surface area contributed by atoms with Crippen LogP contribution in [0.15, 0.2) is 0 Å². The Hall–Kier alpha value is -0.620. The Labute approximate surface area is 135 Å². The SMILES string of the molecule is CCCCCCCC(=O)NN1C(C)(C)CS(=O)(=O)CC1(C)C. The van der Waals surface area contributed by atoms with Crippen molar-refractivity contribution in [2.75, 3.05) is 11.5 Å². The van der Waals surface area contributed by atoms with Gasteiger partial charge in [0.2, 0.25) is 5.91 Å². The molecule has 1 aliphatic rings. The van der Waals surface area contributed by atoms with E-state index in [1.165, 1.54) is 19.3 Å². The Morgan fingerprint density at radius 2 is 1.50 bits per heavy atom. The number of unbranched alkanes of at least 4 members (excludes halogenated alkanes) is 4. The standard InChI is InChI=1S/C16H32N2O3S/c1-6-7-8-9-10-11-14(19)17-18-15(2,3)12-22(20,21)13-16(18,4)5/h6-13H2,1-5H3,(H,17,19). The summed E-state index contributed by atoms with van der Waals surface area (Å²) in [5, 5.41) is 1.84. The van der Waals surface area contributed by atoms with Gasteiger partial charge in [0.1, 0.15) is 0 Å². The normalized spacial score (nSPS) is 23.1. The van der Waals surface area contributed by atoms with Crippen molar-refractivity contribution in [3.05, 3.63) is 0 Å². The van der Waals surface area contributed by atoms with Crippen LogP contribution in [0.5, 0.6) is 0 Å². The van der Waals surface area contributed by atoms with Gasteiger partial charge in [-0.3, -0.25) is 10.2 Å². The van der Waals surface area contributed by atoms with Crippen LogP contribution >= 0.6 is 0 Å². The Morgan fingerprint density at radius 1 is 1.00 bits per heavy atom. The highest BCUT2D eigenvalue weighted by atomic mass is 32.2. The van der Waals surface area contributed by atoms with Gasteiger partial charge in [-0.1, -0.05) is 32.6 Å². The molecule has 0 aliphatic carbocycles. The summed E-state index contributed by atoms with van der Waals surface area (Å²) in [4.78, 5) is 12.2. The third kappa shape index (κ3) is 5.54. The molecule has 1 rings (SSSR count). The van der Waals surface area contributed by atoms with Crippen molar-refractivity contribution < 1.29 is 13.2 Å². The van der Waals surface area contributed by atoms with Crippen molar-refractivity contribution in [2.45, 2.75) is 84.2 Å². The van der Waals surface area contributed by atoms with Crippen LogP contribution in [0.2, 0.25) is 0 Å². The van der Waals surface area contributed by atoms with Crippen LogP contribution < -0.4 is 5.43 Å². The van der Waals surface area contributed by atoms with Crippen molar-refractivity contribution in [2.24, 2.45) is 0 Å². The molecule has 5 nitrogen and oxygen atoms in total. The molecule has 0 unspecified atom stereocenters. The zero-order valence-corrected chi connectivity index (χ0v) is 15.6. The number of carbonyl (C=O) groups excluding carboxylic acids is 1. The summed E-state index contributed by atoms with van der Waals surface area (Å²) < 4.78 is 24.1. The minimum absolute atomic E-state index is 0.0167. The number of nitrogens with zero attached hydrogens (tertiary/aromatic N) is 1. The second-order valence-electron chi connectivity index (χ2n) is 7.69. The summed E-state index contributed by atoms with van der Waals surface area (Å²) >= 11 is 0. The largest absolute Gasteiger partial charge is 0.288 e. The van der Waals surface area contributed by atoms with Gasteiger partial charge >= 0.3 is 0 Å². The lowest BCUT2D eigenvalue weighted by Gasteiger charge is -2.51. The predicted molar refractivity (Wildman–Crippen MR) is 90.2 cm³/mol. The van der Waals surface area contributed by atoms with Crippen LogP contribution in [0, 0.1) is 0 Å². The summed E-state index contributed by atoms with van der Waals surface area (Å²) in [7, 11) is -3.09. The Kier molecular flexibility index (Phi) is 6.45. The molecule has 22 heavy (non-hydrogen) atoms. The van der Waals surface area contributed by atoms with Crippen molar-refractivity contribution in [1.29, 1.82) is 0 Å². The molecule has 1 saturated heterocycles. The van der Waals surface area contributed by atoms with Crippen LogP contribution in [0.3, 0.4) is 0 Å². The van der Waals surface area contributed by atoms with E-state index in [4.69, 9.17) is 0 Å². The molecule has 0 radical (unpaired) electrons. The first-order chi connectivity index (χ1) is 10.0. The van der Waals surface area contributed by atoms with E-state index in [9.17, 15) is 13.2 Å². The number of amides is 1. The van der Waals surface area contributed by atoms with Gasteiger partial charge in [0, 0.05) is 17.5 Å². The second-order valence-corrected chi connectivity index (χ2v) is 9.76. The lowest BCUT2D eigenvalue weighted by Crippen LogP contribution is -2.70. The van der Waals surface area contributed by atoms with Gasteiger partial charge in [-0.2, -0.15) is 0 Å². The van der Waals surface area contributed by atoms with Crippen LogP contribution in [0.1, 0.15) is 73.1 Å². The van der Waals surface area contributed by atoms with Crippen LogP contribution in [0.25, 0.3) is 0 Å². The number of hydrogen-bond donors (Lipinski definition) is 1. The molecule has 0 atom stereocenters. The van der Waals surface area contributed by atoms with E-state index in [1.54, 1.807) is 0 Å². The number of rotatable bonds is 7. The van der Waals surface area contributed by atoms with E-state index in [2.05, 4.69) is 12.3 Å². The summed E-state index contributed by atoms with van der Waals surface area (Å²) in [6, 6.07) is 0. The second kappa shape index (κ2) is 7.30. The fourth-order valence-electron chi connectivity index (χ4n) is 3.45. The maximum atomic E-state index is 12.2. The molecular weight excluding hydrogens is 300 g/mol. The van der Waals surface area contributed by atoms with Crippen molar-refractivity contribution >= 4 is 15.7 Å². The van der Waals surface area contributed by atoms with Gasteiger partial charge in [-0.15, -0.1) is 0 Å². The highest BCUT2D eigenvalue weighted by Gasteiger charge is 2.48. The number of nitrogens with one attached hydrogen (secondary N) is 1. The quantitative estimate of drug-likeness (QED) is 0.728. The molecule has 0 bridgehead atoms. The van der Waals surface area contributed by atoms with Gasteiger partial charge in [0.05, 0.1) is 11.5 Å². The molecule has 1 fully saturated rings. The molecule has 0 spiro atoms. The molecule has 0 aromatic heterocycles. The molecule has 6 heteroatoms. The lowest BCUT2D eigenvalue weighted by atomic mass is 9.98. The van der Waals surface area contributed by atoms with Crippen LogP contribution in [0.4, 0.5) is 0 Å². The third-order valence-corrected chi connectivity index (χ3v) is 6.39. The minimum atomic E-state index is -3.09. The van der Waals surface area contributed by atoms with Gasteiger partial charge in [-0.25, -0.2) is 13.4 Å². The molecule has 1 heterocycles. The van der Waals surface area contributed by atoms with Crippen LogP contribution in [-0.4, -0.2) is 41.9 Å². The minimum Gasteiger partial charge on any atom is -0.288 e. The molecule has 1 amide bonds. The first-order valence-electron chi connectivity index (χ1n) is 8.30. The first kappa shape index (κ1) is 19.4. The lowest BCUT2D eigenvalue weighted by molar-refractivity contribution is -0.133. The zero-order chi connectivity index (χ0) is 17.0. The Morgan fingerprint density at radius 3 is 2.00 bits per heavy atom. The van der Waals surface area contributed by atoms with E-state index in [0.717, 1.165) is 12.8 Å². The highest BCUT2D eigenvalue weighted by Crippen LogP contribution is 2.31. The van der Waals surface area contributed by atoms with Crippen molar-refractivity contribution in [3.8, 4) is 0 Å². The predicted octanol–water partition coefficient (Wildman–Crippen LogP) is 2.67. The molecule has 0 aromatic rings. The van der Waals surface area contributed by atoms with Crippen molar-refractivity contribution in [3.63, 3.8) is 0 Å². The number of sulfone groups is 1. The Bertz CT molecular complexity index is 460. The van der Waals surface area contributed by atoms with E-state index in [0.29, 0.717) is 6.42 Å². The van der Waals surface area contributed by atoms with E-state index in [-0.39, 0.29) is 17.4 Å². The molecule has 0 aromatic carbocycles. The van der Waals surface area contributed by atoms with E-state index in [1.807, 2.05) is 32.7 Å². The maximum absolute atomic E-state index is 12.2. The van der Waals surface area contributed by atoms with Gasteiger partial charge in [-0.05, 0) is 34.1 Å². The van der Waals surface area contributed by atoms with Gasteiger partial charge in [0.15, 0.2) is 9.84 Å². The monoisotopic (exact) mass is 332 g/mol. The zero-order valence-electron chi connectivity index (χ0n) is 14.7. The summed E-state index contributed by atoms with van der Waals surface area (Å²) in [6.07, 6.45) is 6.03. The fourth-order valence-corrected chi connectivity index (χ4v) is 5.96. The van der Waals surface area contributed by atoms with Gasteiger partial charge in [0.25, 0.3) is 0 Å². The van der Waals surface area contributed by atoms with E-state index < -0.39 is 20.9 Å². The summed E-state index contributed by atoms with van der Waals surface area (Å²) in [5.74, 6) is 0.123. The number of hydrazine groups is 1. The van der Waals surface area contributed by atoms with Crippen LogP contribution in [-0.2, 0) is 14.6 Å². The van der Waals surface area contributed by atoms with Gasteiger partial charge < -0.3 is 0 Å². The van der Waals surface area contributed by atoms with Crippen molar-refractivity contribution in [1.82, 2.24) is 10.4 Å². The molecule has 1 aliphatic heterocycles. The average molecular weight is 333 g/mol. The topological polar surface area (TPSA) is 66.5 Å². The number of hydrogen-bond acceptors (Lipinski definition) is 4. The number of carbonyl (C=O) groups is 1. The molecule has 1 N–H and O–H groups in total.